The second-order valence-corrected chi connectivity index (χ2v) is 4.42. The van der Waals surface area contributed by atoms with Crippen LogP contribution in [0.4, 0.5) is 0 Å². The Kier molecular flexibility index (Phi) is 4.03. The maximum atomic E-state index is 11.3. The molecule has 0 aliphatic heterocycles. The highest BCUT2D eigenvalue weighted by atomic mass is 32.1. The van der Waals surface area contributed by atoms with Gasteiger partial charge in [0.05, 0.1) is 12.6 Å². The Morgan fingerprint density at radius 1 is 1.79 bits per heavy atom. The van der Waals surface area contributed by atoms with Gasteiger partial charge in [0.25, 0.3) is 0 Å². The standard InChI is InChI=1S/C9H15N3OS/c1-3-7(10)9(13)12-5-8-11-4-6(2)14-8/h4,7H,3,5,10H2,1-2H3,(H,12,13)/t7-/m1/s1. The number of nitrogens with one attached hydrogen (secondary N) is 1. The molecule has 0 aliphatic carbocycles. The van der Waals surface area contributed by atoms with Crippen LogP contribution in [0.5, 0.6) is 0 Å². The van der Waals surface area contributed by atoms with E-state index in [-0.39, 0.29) is 5.91 Å². The first-order valence-corrected chi connectivity index (χ1v) is 5.39. The molecule has 1 rings (SSSR count). The van der Waals surface area contributed by atoms with Crippen LogP contribution in [0.25, 0.3) is 0 Å². The van der Waals surface area contributed by atoms with Crippen LogP contribution in [-0.4, -0.2) is 16.9 Å². The van der Waals surface area contributed by atoms with Crippen LogP contribution in [0.2, 0.25) is 0 Å². The molecule has 0 bridgehead atoms. The van der Waals surface area contributed by atoms with E-state index in [1.165, 1.54) is 0 Å². The fourth-order valence-electron chi connectivity index (χ4n) is 0.962. The van der Waals surface area contributed by atoms with E-state index in [1.54, 1.807) is 17.5 Å². The lowest BCUT2D eigenvalue weighted by atomic mass is 10.2. The van der Waals surface area contributed by atoms with Crippen molar-refractivity contribution in [1.82, 2.24) is 10.3 Å². The average molecular weight is 213 g/mol. The summed E-state index contributed by atoms with van der Waals surface area (Å²) in [6, 6.07) is -0.406. The quantitative estimate of drug-likeness (QED) is 0.777. The molecule has 0 spiro atoms. The summed E-state index contributed by atoms with van der Waals surface area (Å²) in [7, 11) is 0. The van der Waals surface area contributed by atoms with Gasteiger partial charge >= 0.3 is 0 Å². The van der Waals surface area contributed by atoms with Crippen molar-refractivity contribution < 1.29 is 4.79 Å². The summed E-state index contributed by atoms with van der Waals surface area (Å²) in [5.41, 5.74) is 5.56. The lowest BCUT2D eigenvalue weighted by molar-refractivity contribution is -0.122. The number of carbonyl (C=O) groups excluding carboxylic acids is 1. The molecular formula is C9H15N3OS. The molecule has 14 heavy (non-hydrogen) atoms. The molecule has 0 saturated carbocycles. The first kappa shape index (κ1) is 11.1. The predicted molar refractivity (Wildman–Crippen MR) is 57.0 cm³/mol. The number of nitrogens with two attached hydrogens (primary N) is 1. The summed E-state index contributed by atoms with van der Waals surface area (Å²) in [6.07, 6.45) is 2.45. The Morgan fingerprint density at radius 3 is 3.00 bits per heavy atom. The zero-order valence-electron chi connectivity index (χ0n) is 8.41. The number of aromatic nitrogens is 1. The number of aryl methyl sites for hydroxylation is 1. The molecule has 1 atom stereocenters. The Morgan fingerprint density at radius 2 is 2.50 bits per heavy atom. The Hall–Kier alpha value is -0.940. The SMILES string of the molecule is CC[C@@H](N)C(=O)NCc1ncc(C)s1. The molecule has 1 aromatic rings. The lowest BCUT2D eigenvalue weighted by Crippen LogP contribution is -2.39. The van der Waals surface area contributed by atoms with Gasteiger partial charge in [0, 0.05) is 11.1 Å². The molecular weight excluding hydrogens is 198 g/mol. The zero-order chi connectivity index (χ0) is 10.6. The van der Waals surface area contributed by atoms with Gasteiger partial charge in [0.2, 0.25) is 5.91 Å². The van der Waals surface area contributed by atoms with Gasteiger partial charge in [-0.05, 0) is 13.3 Å². The van der Waals surface area contributed by atoms with Crippen molar-refractivity contribution in [2.24, 2.45) is 5.73 Å². The molecule has 0 radical (unpaired) electrons. The molecule has 0 aliphatic rings. The Balaban J connectivity index is 2.37. The topological polar surface area (TPSA) is 68.0 Å². The van der Waals surface area contributed by atoms with Gasteiger partial charge in [-0.2, -0.15) is 0 Å². The maximum absolute atomic E-state index is 11.3. The molecule has 3 N–H and O–H groups in total. The summed E-state index contributed by atoms with van der Waals surface area (Å²) in [5.74, 6) is -0.111. The number of thiazole rings is 1. The number of nitrogens with zero attached hydrogens (tertiary/aromatic N) is 1. The molecule has 1 heterocycles. The molecule has 1 amide bonds. The van der Waals surface area contributed by atoms with Gasteiger partial charge < -0.3 is 11.1 Å². The molecule has 5 heteroatoms. The lowest BCUT2D eigenvalue weighted by Gasteiger charge is -2.08. The Labute approximate surface area is 87.5 Å². The minimum atomic E-state index is -0.406. The normalized spacial score (nSPS) is 12.5. The first-order valence-electron chi connectivity index (χ1n) is 4.58. The summed E-state index contributed by atoms with van der Waals surface area (Å²) in [6.45, 7) is 4.35. The van der Waals surface area contributed by atoms with E-state index >= 15 is 0 Å². The fraction of sp³-hybridized carbons (Fsp3) is 0.556. The predicted octanol–water partition coefficient (Wildman–Crippen LogP) is 0.805. The van der Waals surface area contributed by atoms with Crippen LogP contribution in [0.1, 0.15) is 23.2 Å². The van der Waals surface area contributed by atoms with Crippen molar-refractivity contribution in [1.29, 1.82) is 0 Å². The summed E-state index contributed by atoms with van der Waals surface area (Å²) in [5, 5.41) is 3.66. The van der Waals surface area contributed by atoms with Crippen LogP contribution in [-0.2, 0) is 11.3 Å². The number of carbonyl (C=O) groups is 1. The van der Waals surface area contributed by atoms with Gasteiger partial charge in [0.15, 0.2) is 0 Å². The van der Waals surface area contributed by atoms with Crippen molar-refractivity contribution in [3.8, 4) is 0 Å². The minimum Gasteiger partial charge on any atom is -0.348 e. The van der Waals surface area contributed by atoms with E-state index in [2.05, 4.69) is 10.3 Å². The zero-order valence-corrected chi connectivity index (χ0v) is 9.23. The monoisotopic (exact) mass is 213 g/mol. The third-order valence-electron chi connectivity index (χ3n) is 1.86. The van der Waals surface area contributed by atoms with Crippen molar-refractivity contribution >= 4 is 17.2 Å². The second kappa shape index (κ2) is 5.07. The number of hydrogen-bond acceptors (Lipinski definition) is 4. The first-order chi connectivity index (χ1) is 6.63. The van der Waals surface area contributed by atoms with Crippen molar-refractivity contribution in [3.63, 3.8) is 0 Å². The molecule has 0 unspecified atom stereocenters. The highest BCUT2D eigenvalue weighted by Gasteiger charge is 2.10. The smallest absolute Gasteiger partial charge is 0.237 e. The summed E-state index contributed by atoms with van der Waals surface area (Å²) < 4.78 is 0. The van der Waals surface area contributed by atoms with E-state index in [4.69, 9.17) is 5.73 Å². The maximum Gasteiger partial charge on any atom is 0.237 e. The van der Waals surface area contributed by atoms with E-state index < -0.39 is 6.04 Å². The fourth-order valence-corrected chi connectivity index (χ4v) is 1.69. The molecule has 1 aromatic heterocycles. The summed E-state index contributed by atoms with van der Waals surface area (Å²) >= 11 is 1.58. The van der Waals surface area contributed by atoms with Gasteiger partial charge in [-0.3, -0.25) is 4.79 Å². The molecule has 0 aromatic carbocycles. The number of rotatable bonds is 4. The van der Waals surface area contributed by atoms with E-state index in [9.17, 15) is 4.79 Å². The molecule has 0 fully saturated rings. The highest BCUT2D eigenvalue weighted by Crippen LogP contribution is 2.10. The van der Waals surface area contributed by atoms with Crippen molar-refractivity contribution in [3.05, 3.63) is 16.1 Å². The largest absolute Gasteiger partial charge is 0.348 e. The van der Waals surface area contributed by atoms with Crippen LogP contribution in [0.15, 0.2) is 6.20 Å². The molecule has 78 valence electrons. The van der Waals surface area contributed by atoms with E-state index in [0.29, 0.717) is 13.0 Å². The van der Waals surface area contributed by atoms with Crippen LogP contribution in [0, 0.1) is 6.92 Å². The summed E-state index contributed by atoms with van der Waals surface area (Å²) in [4.78, 5) is 16.6. The van der Waals surface area contributed by atoms with Crippen LogP contribution in [0.3, 0.4) is 0 Å². The molecule has 0 saturated heterocycles. The molecule has 4 nitrogen and oxygen atoms in total. The minimum absolute atomic E-state index is 0.111. The van der Waals surface area contributed by atoms with Crippen LogP contribution < -0.4 is 11.1 Å². The third kappa shape index (κ3) is 3.08. The van der Waals surface area contributed by atoms with E-state index in [1.807, 2.05) is 13.8 Å². The second-order valence-electron chi connectivity index (χ2n) is 3.10. The van der Waals surface area contributed by atoms with E-state index in [0.717, 1.165) is 9.88 Å². The third-order valence-corrected chi connectivity index (χ3v) is 2.77. The van der Waals surface area contributed by atoms with Gasteiger partial charge in [-0.15, -0.1) is 11.3 Å². The van der Waals surface area contributed by atoms with Gasteiger partial charge in [-0.25, -0.2) is 4.98 Å². The van der Waals surface area contributed by atoms with Crippen LogP contribution >= 0.6 is 11.3 Å². The number of hydrogen-bond donors (Lipinski definition) is 2. The number of amides is 1. The Bertz CT molecular complexity index is 311. The average Bonchev–Trinajstić information content (AvgIpc) is 2.59. The highest BCUT2D eigenvalue weighted by molar-refractivity contribution is 7.11. The van der Waals surface area contributed by atoms with Gasteiger partial charge in [0.1, 0.15) is 5.01 Å². The van der Waals surface area contributed by atoms with Gasteiger partial charge in [-0.1, -0.05) is 6.92 Å². The van der Waals surface area contributed by atoms with Crippen molar-refractivity contribution in [2.45, 2.75) is 32.9 Å². The van der Waals surface area contributed by atoms with Crippen molar-refractivity contribution in [2.75, 3.05) is 0 Å².